The molecule has 0 aliphatic carbocycles. The molecule has 34 heavy (non-hydrogen) atoms. The van der Waals surface area contributed by atoms with Crippen LogP contribution in [0.4, 0.5) is 9.52 Å². The predicted molar refractivity (Wildman–Crippen MR) is 130 cm³/mol. The molecule has 1 amide bonds. The van der Waals surface area contributed by atoms with Gasteiger partial charge in [-0.3, -0.25) is 10.1 Å². The van der Waals surface area contributed by atoms with Crippen molar-refractivity contribution >= 4 is 57.6 Å². The number of carboxylic acid groups (broad SMARTS) is 1. The van der Waals surface area contributed by atoms with Crippen LogP contribution in [0, 0.1) is 5.82 Å². The van der Waals surface area contributed by atoms with Gasteiger partial charge in [-0.05, 0) is 31.2 Å². The lowest BCUT2D eigenvalue weighted by atomic mass is 10.1. The van der Waals surface area contributed by atoms with Crippen LogP contribution in [0.25, 0.3) is 17.3 Å². The SMILES string of the molecule is CCOCc1cccc(-c2csc(NC(=O)c3cc(Cl)c(/C=C(\OC)C(=O)O)c(Cl)c3)n2)c1F. The van der Waals surface area contributed by atoms with Gasteiger partial charge in [0.25, 0.3) is 5.91 Å². The number of hydrogen-bond donors (Lipinski definition) is 2. The first-order valence-corrected chi connectivity index (χ1v) is 11.5. The minimum absolute atomic E-state index is 0.0569. The van der Waals surface area contributed by atoms with E-state index in [4.69, 9.17) is 37.8 Å². The van der Waals surface area contributed by atoms with Crippen molar-refractivity contribution in [3.8, 4) is 11.3 Å². The average molecular weight is 525 g/mol. The highest BCUT2D eigenvalue weighted by atomic mass is 35.5. The fourth-order valence-corrected chi connectivity index (χ4v) is 4.22. The van der Waals surface area contributed by atoms with Crippen LogP contribution in [0.3, 0.4) is 0 Å². The first kappa shape index (κ1) is 25.6. The molecule has 1 aromatic heterocycles. The maximum absolute atomic E-state index is 14.8. The fourth-order valence-electron chi connectivity index (χ4n) is 2.92. The second kappa shape index (κ2) is 11.4. The van der Waals surface area contributed by atoms with E-state index in [0.29, 0.717) is 23.4 Å². The summed E-state index contributed by atoms with van der Waals surface area (Å²) in [6, 6.07) is 7.64. The lowest BCUT2D eigenvalue weighted by Crippen LogP contribution is -2.12. The van der Waals surface area contributed by atoms with Gasteiger partial charge in [-0.15, -0.1) is 11.3 Å². The van der Waals surface area contributed by atoms with Crippen molar-refractivity contribution in [1.82, 2.24) is 4.98 Å². The predicted octanol–water partition coefficient (Wildman–Crippen LogP) is 6.12. The average Bonchev–Trinajstić information content (AvgIpc) is 3.25. The number of aliphatic carboxylic acids is 1. The molecule has 0 atom stereocenters. The number of ether oxygens (including phenoxy) is 2. The molecule has 0 radical (unpaired) electrons. The summed E-state index contributed by atoms with van der Waals surface area (Å²) in [6.07, 6.45) is 1.16. The zero-order valence-electron chi connectivity index (χ0n) is 18.0. The third-order valence-corrected chi connectivity index (χ3v) is 5.97. The molecule has 178 valence electrons. The quantitative estimate of drug-likeness (QED) is 0.258. The molecule has 1 heterocycles. The van der Waals surface area contributed by atoms with Crippen molar-refractivity contribution in [3.05, 3.63) is 74.0 Å². The fraction of sp³-hybridized carbons (Fsp3) is 0.174. The van der Waals surface area contributed by atoms with Crippen LogP contribution in [0.1, 0.15) is 28.4 Å². The van der Waals surface area contributed by atoms with Crippen LogP contribution in [-0.2, 0) is 20.9 Å². The number of halogens is 3. The molecule has 0 unspecified atom stereocenters. The Bertz CT molecular complexity index is 1240. The maximum Gasteiger partial charge on any atom is 0.371 e. The summed E-state index contributed by atoms with van der Waals surface area (Å²) in [7, 11) is 1.20. The molecular weight excluding hydrogens is 506 g/mol. The van der Waals surface area contributed by atoms with Crippen molar-refractivity contribution in [2.75, 3.05) is 19.0 Å². The lowest BCUT2D eigenvalue weighted by Gasteiger charge is -2.08. The maximum atomic E-state index is 14.8. The largest absolute Gasteiger partial charge is 0.490 e. The number of methoxy groups -OCH3 is 1. The molecule has 3 aromatic rings. The summed E-state index contributed by atoms with van der Waals surface area (Å²) in [5, 5.41) is 13.7. The Balaban J connectivity index is 1.81. The van der Waals surface area contributed by atoms with Gasteiger partial charge in [0.15, 0.2) is 5.13 Å². The number of carboxylic acids is 1. The molecule has 0 aliphatic heterocycles. The number of rotatable bonds is 9. The van der Waals surface area contributed by atoms with Gasteiger partial charge in [0.05, 0.1) is 29.5 Å². The number of nitrogens with one attached hydrogen (secondary N) is 1. The smallest absolute Gasteiger partial charge is 0.371 e. The first-order valence-electron chi connectivity index (χ1n) is 9.85. The Hall–Kier alpha value is -2.98. The molecule has 0 saturated carbocycles. The standard InChI is InChI=1S/C23H19Cl2FN2O5S/c1-3-33-10-12-5-4-6-14(20(12)26)18-11-34-23(27-18)28-21(29)13-7-16(24)15(17(25)8-13)9-19(32-2)22(30)31/h4-9,11H,3,10H2,1-2H3,(H,30,31)(H,27,28,29)/b19-9-. The van der Waals surface area contributed by atoms with Crippen molar-refractivity contribution in [3.63, 3.8) is 0 Å². The van der Waals surface area contributed by atoms with Crippen molar-refractivity contribution in [2.24, 2.45) is 0 Å². The number of hydrogen-bond acceptors (Lipinski definition) is 6. The van der Waals surface area contributed by atoms with E-state index in [0.717, 1.165) is 17.4 Å². The third kappa shape index (κ3) is 5.92. The summed E-state index contributed by atoms with van der Waals surface area (Å²) in [5.41, 5.74) is 1.40. The summed E-state index contributed by atoms with van der Waals surface area (Å²) in [4.78, 5) is 28.2. The highest BCUT2D eigenvalue weighted by Gasteiger charge is 2.17. The zero-order valence-corrected chi connectivity index (χ0v) is 20.4. The van der Waals surface area contributed by atoms with Gasteiger partial charge in [-0.25, -0.2) is 14.2 Å². The Morgan fingerprint density at radius 2 is 1.97 bits per heavy atom. The van der Waals surface area contributed by atoms with E-state index in [9.17, 15) is 14.0 Å². The van der Waals surface area contributed by atoms with Gasteiger partial charge in [0, 0.05) is 34.2 Å². The van der Waals surface area contributed by atoms with Crippen LogP contribution in [0.5, 0.6) is 0 Å². The molecule has 2 aromatic carbocycles. The van der Waals surface area contributed by atoms with E-state index in [2.05, 4.69) is 10.3 Å². The van der Waals surface area contributed by atoms with E-state index in [1.807, 2.05) is 6.92 Å². The first-order chi connectivity index (χ1) is 16.2. The lowest BCUT2D eigenvalue weighted by molar-refractivity contribution is -0.135. The van der Waals surface area contributed by atoms with E-state index < -0.39 is 17.7 Å². The van der Waals surface area contributed by atoms with Gasteiger partial charge in [0.2, 0.25) is 5.76 Å². The van der Waals surface area contributed by atoms with Crippen LogP contribution in [-0.4, -0.2) is 35.7 Å². The van der Waals surface area contributed by atoms with Crippen LogP contribution in [0.15, 0.2) is 41.5 Å². The minimum atomic E-state index is -1.30. The molecule has 0 bridgehead atoms. The van der Waals surface area contributed by atoms with Gasteiger partial charge >= 0.3 is 5.97 Å². The van der Waals surface area contributed by atoms with Gasteiger partial charge in [-0.2, -0.15) is 0 Å². The van der Waals surface area contributed by atoms with E-state index in [1.54, 1.807) is 23.6 Å². The number of aromatic nitrogens is 1. The topological polar surface area (TPSA) is 97.8 Å². The summed E-state index contributed by atoms with van der Waals surface area (Å²) in [6.45, 7) is 2.44. The summed E-state index contributed by atoms with van der Waals surface area (Å²) in [5.74, 6) is -2.64. The molecule has 0 aliphatic rings. The molecule has 3 rings (SSSR count). The van der Waals surface area contributed by atoms with E-state index >= 15 is 0 Å². The van der Waals surface area contributed by atoms with Crippen molar-refractivity contribution < 1.29 is 28.6 Å². The Morgan fingerprint density at radius 1 is 1.26 bits per heavy atom. The van der Waals surface area contributed by atoms with Crippen molar-refractivity contribution in [1.29, 1.82) is 0 Å². The number of nitrogens with zero attached hydrogens (tertiary/aromatic N) is 1. The number of benzene rings is 2. The second-order valence-electron chi connectivity index (χ2n) is 6.78. The molecule has 2 N–H and O–H groups in total. The number of thiazole rings is 1. The number of carbonyl (C=O) groups excluding carboxylic acids is 1. The highest BCUT2D eigenvalue weighted by molar-refractivity contribution is 7.14. The van der Waals surface area contributed by atoms with E-state index in [-0.39, 0.29) is 38.7 Å². The van der Waals surface area contributed by atoms with Crippen LogP contribution < -0.4 is 5.32 Å². The van der Waals surface area contributed by atoms with Crippen LogP contribution >= 0.6 is 34.5 Å². The summed E-state index contributed by atoms with van der Waals surface area (Å²) >= 11 is 13.6. The number of anilines is 1. The molecular formula is C23H19Cl2FN2O5S. The molecule has 0 fully saturated rings. The normalized spacial score (nSPS) is 11.4. The number of carbonyl (C=O) groups is 2. The Kier molecular flexibility index (Phi) is 8.62. The third-order valence-electron chi connectivity index (χ3n) is 4.59. The molecule has 11 heteroatoms. The van der Waals surface area contributed by atoms with Gasteiger partial charge < -0.3 is 14.6 Å². The zero-order chi connectivity index (χ0) is 24.8. The minimum Gasteiger partial charge on any atom is -0.490 e. The van der Waals surface area contributed by atoms with Crippen LogP contribution in [0.2, 0.25) is 10.0 Å². The van der Waals surface area contributed by atoms with E-state index in [1.165, 1.54) is 19.2 Å². The monoisotopic (exact) mass is 524 g/mol. The van der Waals surface area contributed by atoms with Gasteiger partial charge in [0.1, 0.15) is 5.82 Å². The Morgan fingerprint density at radius 3 is 2.59 bits per heavy atom. The summed E-state index contributed by atoms with van der Waals surface area (Å²) < 4.78 is 24.9. The molecule has 0 spiro atoms. The second-order valence-corrected chi connectivity index (χ2v) is 8.45. The van der Waals surface area contributed by atoms with Crippen molar-refractivity contribution in [2.45, 2.75) is 13.5 Å². The molecule has 7 nitrogen and oxygen atoms in total. The van der Waals surface area contributed by atoms with Gasteiger partial charge in [-0.1, -0.05) is 35.3 Å². The highest BCUT2D eigenvalue weighted by Crippen LogP contribution is 2.31. The Labute approximate surface area is 208 Å². The number of amides is 1. The molecule has 0 saturated heterocycles.